The minimum atomic E-state index is -4.94. The Kier molecular flexibility index (Phi) is 22.2. The molecule has 12 nitrogen and oxygen atoms in total. The summed E-state index contributed by atoms with van der Waals surface area (Å²) in [7, 11) is -9.89. The van der Waals surface area contributed by atoms with Crippen molar-refractivity contribution in [2.45, 2.75) is 0 Å². The average molecular weight is 265 g/mol. The molecule has 0 aromatic carbocycles. The Balaban J connectivity index is -0.0000000528. The van der Waals surface area contributed by atoms with E-state index in [1.165, 1.54) is 0 Å². The maximum absolute atomic E-state index is 8.49. The van der Waals surface area contributed by atoms with Crippen molar-refractivity contribution in [1.29, 1.82) is 0 Å². The van der Waals surface area contributed by atoms with Gasteiger partial charge in [0.15, 0.2) is 0 Å². The molecule has 0 saturated heterocycles. The number of nitrogens with two attached hydrogens (primary N) is 2. The van der Waals surface area contributed by atoms with Crippen molar-refractivity contribution in [2.75, 3.05) is 0 Å². The van der Waals surface area contributed by atoms with E-state index in [2.05, 4.69) is 23.4 Å². The molecule has 0 saturated carbocycles. The molecule has 14 heteroatoms. The van der Waals surface area contributed by atoms with Crippen molar-refractivity contribution in [3.05, 3.63) is 0 Å². The Bertz CT molecular complexity index is 62.3. The maximum Gasteiger partial charge on any atom is -0.112 e. The number of rotatable bonds is 0. The second kappa shape index (κ2) is 13.1. The van der Waals surface area contributed by atoms with Crippen molar-refractivity contribution in [3.63, 3.8) is 0 Å². The van der Waals surface area contributed by atoms with Crippen molar-refractivity contribution >= 4 is 0 Å². The van der Waals surface area contributed by atoms with Gasteiger partial charge in [0, 0.05) is 0 Å². The van der Waals surface area contributed by atoms with Gasteiger partial charge in [-0.25, -0.2) is 37.3 Å². The molecule has 0 amide bonds. The van der Waals surface area contributed by atoms with Crippen LogP contribution in [0.15, 0.2) is 0 Å². The van der Waals surface area contributed by atoms with E-state index in [0.717, 1.165) is 0 Å². The fourth-order valence-corrected chi connectivity index (χ4v) is 0. The molecule has 0 atom stereocenters. The molecule has 0 aliphatic carbocycles. The first-order valence-electron chi connectivity index (χ1n) is 2.05. The van der Waals surface area contributed by atoms with Crippen LogP contribution < -0.4 is 60.6 Å². The fourth-order valence-electron chi connectivity index (χ4n) is 0. The number of hydrogen-bond acceptors (Lipinski definition) is 10. The molecular formula is H10Cl2N4O8. The summed E-state index contributed by atoms with van der Waals surface area (Å²) in [4.78, 5) is 0. The molecule has 92 valence electrons. The Labute approximate surface area is 82.0 Å². The minimum absolute atomic E-state index is 2.75. The lowest BCUT2D eigenvalue weighted by molar-refractivity contribution is -2.00. The summed E-state index contributed by atoms with van der Waals surface area (Å²) in [6.07, 6.45) is 0. The molecule has 0 heterocycles. The van der Waals surface area contributed by atoms with Crippen molar-refractivity contribution in [3.8, 4) is 0 Å². The quantitative estimate of drug-likeness (QED) is 0.236. The van der Waals surface area contributed by atoms with Gasteiger partial charge in [0.2, 0.25) is 0 Å². The third-order valence-corrected chi connectivity index (χ3v) is 0. The molecule has 0 radical (unpaired) electrons. The number of quaternary nitrogens is 2. The van der Waals surface area contributed by atoms with Crippen LogP contribution in [0.4, 0.5) is 0 Å². The van der Waals surface area contributed by atoms with E-state index in [1.807, 2.05) is 0 Å². The lowest BCUT2D eigenvalue weighted by Gasteiger charge is -2.17. The zero-order valence-corrected chi connectivity index (χ0v) is 8.10. The molecule has 0 aliphatic heterocycles. The van der Waals surface area contributed by atoms with Crippen molar-refractivity contribution < 1.29 is 69.4 Å². The predicted molar refractivity (Wildman–Crippen MR) is 14.2 cm³/mol. The van der Waals surface area contributed by atoms with Gasteiger partial charge in [-0.3, -0.25) is 11.7 Å². The van der Waals surface area contributed by atoms with E-state index >= 15 is 0 Å². The van der Waals surface area contributed by atoms with Crippen molar-refractivity contribution in [1.82, 2.24) is 0 Å². The van der Waals surface area contributed by atoms with Crippen LogP contribution in [0.25, 0.3) is 0 Å². The molecule has 0 aromatic heterocycles. The lowest BCUT2D eigenvalue weighted by atomic mass is 13.0. The Morgan fingerprint density at radius 2 is 0.500 bits per heavy atom. The summed E-state index contributed by atoms with van der Waals surface area (Å²) in [5.41, 5.74) is 0. The summed E-state index contributed by atoms with van der Waals surface area (Å²) < 4.78 is 67.9. The van der Waals surface area contributed by atoms with Gasteiger partial charge in [-0.1, -0.05) is 0 Å². The van der Waals surface area contributed by atoms with Gasteiger partial charge < -0.3 is 0 Å². The van der Waals surface area contributed by atoms with Crippen molar-refractivity contribution in [2.24, 2.45) is 11.7 Å². The van der Waals surface area contributed by atoms with Gasteiger partial charge in [-0.15, -0.1) is 20.5 Å². The first kappa shape index (κ1) is 23.7. The number of halogens is 2. The topological polar surface area (TPSA) is 292 Å². The molecule has 0 bridgehead atoms. The SMILES string of the molecule is N[NH3+].N[NH3+].[O-][Cl+3]([O-])([O-])[O-].[O-][Cl+3]([O-])([O-])[O-]. The van der Waals surface area contributed by atoms with E-state index in [1.54, 1.807) is 0 Å². The zero-order valence-electron chi connectivity index (χ0n) is 6.59. The van der Waals surface area contributed by atoms with Crippen LogP contribution in [0, 0.1) is 20.5 Å². The van der Waals surface area contributed by atoms with Gasteiger partial charge >= 0.3 is 0 Å². The first-order valence-corrected chi connectivity index (χ1v) is 4.52. The van der Waals surface area contributed by atoms with E-state index in [0.29, 0.717) is 0 Å². The zero-order chi connectivity index (χ0) is 13.0. The van der Waals surface area contributed by atoms with Gasteiger partial charge in [-0.2, -0.15) is 11.7 Å². The second-order valence-electron chi connectivity index (χ2n) is 0.756. The molecule has 0 spiro atoms. The van der Waals surface area contributed by atoms with Crippen LogP contribution in [0.3, 0.4) is 0 Å². The Hall–Kier alpha value is 0.1000. The highest BCUT2D eigenvalue weighted by molar-refractivity contribution is 2.64. The van der Waals surface area contributed by atoms with Crippen LogP contribution in [0.2, 0.25) is 0 Å². The van der Waals surface area contributed by atoms with E-state index in [4.69, 9.17) is 37.3 Å². The summed E-state index contributed by atoms with van der Waals surface area (Å²) in [6.45, 7) is 0. The molecular weight excluding hydrogens is 255 g/mol. The standard InChI is InChI=1S/2ClHO4.2H4N2/c2*2-1(3,4)5;2*1-2/h2*(H,2,3,4,5);2*1-2H2. The molecule has 10 N–H and O–H groups in total. The maximum atomic E-state index is 8.49. The van der Waals surface area contributed by atoms with Crippen LogP contribution in [-0.2, 0) is 0 Å². The average Bonchev–Trinajstić information content (AvgIpc) is 1.88. The van der Waals surface area contributed by atoms with Gasteiger partial charge in [0.1, 0.15) is 0 Å². The van der Waals surface area contributed by atoms with Crippen LogP contribution in [0.1, 0.15) is 0 Å². The predicted octanol–water partition coefficient (Wildman–Crippen LogP) is -13.3. The highest BCUT2D eigenvalue weighted by Gasteiger charge is 1.84. The van der Waals surface area contributed by atoms with Gasteiger partial charge in [-0.05, 0) is 0 Å². The third kappa shape index (κ3) is 149000. The monoisotopic (exact) mass is 264 g/mol. The first-order chi connectivity index (χ1) is 6.00. The van der Waals surface area contributed by atoms with Crippen LogP contribution in [-0.4, -0.2) is 0 Å². The summed E-state index contributed by atoms with van der Waals surface area (Å²) in [5.74, 6) is 14.0. The van der Waals surface area contributed by atoms with Crippen LogP contribution in [0.5, 0.6) is 0 Å². The third-order valence-electron chi connectivity index (χ3n) is 0. The van der Waals surface area contributed by atoms with Gasteiger partial charge in [0.25, 0.3) is 0 Å². The van der Waals surface area contributed by atoms with Gasteiger partial charge in [0.05, 0.1) is 0 Å². The highest BCUT2D eigenvalue weighted by Crippen LogP contribution is 1.50. The fraction of sp³-hybridized carbons (Fsp3) is 0. The largest absolute Gasteiger partial charge is 0.283 e. The molecule has 0 fully saturated rings. The summed E-state index contributed by atoms with van der Waals surface area (Å²) in [6, 6.07) is 0. The Morgan fingerprint density at radius 3 is 0.500 bits per heavy atom. The van der Waals surface area contributed by atoms with E-state index in [9.17, 15) is 0 Å². The lowest BCUT2D eigenvalue weighted by Crippen LogP contribution is -2.68. The molecule has 0 rings (SSSR count). The second-order valence-corrected chi connectivity index (χ2v) is 2.27. The van der Waals surface area contributed by atoms with Crippen LogP contribution >= 0.6 is 0 Å². The molecule has 0 unspecified atom stereocenters. The van der Waals surface area contributed by atoms with E-state index < -0.39 is 20.5 Å². The molecule has 14 heavy (non-hydrogen) atoms. The minimum Gasteiger partial charge on any atom is -0.283 e. The summed E-state index contributed by atoms with van der Waals surface area (Å²) in [5, 5.41) is 0. The molecule has 0 aromatic rings. The highest BCUT2D eigenvalue weighted by atomic mass is 35.7. The normalized spacial score (nSPS) is 9.43. The summed E-state index contributed by atoms with van der Waals surface area (Å²) >= 11 is 0. The Morgan fingerprint density at radius 1 is 0.500 bits per heavy atom. The van der Waals surface area contributed by atoms with E-state index in [-0.39, 0.29) is 0 Å². The number of hydrogen-bond donors (Lipinski definition) is 4. The molecule has 0 aliphatic rings. The smallest absolute Gasteiger partial charge is 0.112 e.